The molecule has 3 aromatic heterocycles. The van der Waals surface area contributed by atoms with Crippen molar-refractivity contribution in [1.82, 2.24) is 24.6 Å². The third-order valence-corrected chi connectivity index (χ3v) is 9.31. The number of aromatic nitrogens is 4. The van der Waals surface area contributed by atoms with Gasteiger partial charge in [-0.3, -0.25) is 4.68 Å². The van der Waals surface area contributed by atoms with Gasteiger partial charge < -0.3 is 15.5 Å². The molecule has 3 aromatic rings. The second-order valence-corrected chi connectivity index (χ2v) is 11.9. The van der Waals surface area contributed by atoms with Gasteiger partial charge >= 0.3 is 6.18 Å². The first-order valence-corrected chi connectivity index (χ1v) is 14.1. The van der Waals surface area contributed by atoms with E-state index in [0.29, 0.717) is 22.7 Å². The molecule has 0 atom stereocenters. The molecule has 1 saturated carbocycles. The maximum atomic E-state index is 13.9. The SMILES string of the molecule is CN1CCC(n2cc(C3CC3)c(Nc3ncc(C(F)(F)F)c(-c4cc5c(s4)NCCCS5)n3)n2)CC1. The predicted molar refractivity (Wildman–Crippen MR) is 137 cm³/mol. The van der Waals surface area contributed by atoms with E-state index in [1.54, 1.807) is 11.8 Å². The van der Waals surface area contributed by atoms with Crippen LogP contribution in [-0.2, 0) is 6.18 Å². The monoisotopic (exact) mass is 535 g/mol. The van der Waals surface area contributed by atoms with Crippen molar-refractivity contribution in [2.75, 3.05) is 43.1 Å². The normalized spacial score (nSPS) is 19.6. The summed E-state index contributed by atoms with van der Waals surface area (Å²) >= 11 is 2.98. The van der Waals surface area contributed by atoms with Crippen molar-refractivity contribution in [2.24, 2.45) is 0 Å². The molecule has 0 radical (unpaired) electrons. The Kier molecular flexibility index (Phi) is 6.37. The fraction of sp³-hybridized carbons (Fsp3) is 0.542. The molecule has 6 rings (SSSR count). The summed E-state index contributed by atoms with van der Waals surface area (Å²) in [5, 5.41) is 12.2. The van der Waals surface area contributed by atoms with Crippen molar-refractivity contribution >= 4 is 39.9 Å². The zero-order valence-corrected chi connectivity index (χ0v) is 21.6. The molecular weight excluding hydrogens is 507 g/mol. The Labute approximate surface area is 215 Å². The van der Waals surface area contributed by atoms with Crippen molar-refractivity contribution < 1.29 is 13.2 Å². The van der Waals surface area contributed by atoms with Crippen molar-refractivity contribution in [1.29, 1.82) is 0 Å². The van der Waals surface area contributed by atoms with Crippen LogP contribution in [0.2, 0.25) is 0 Å². The van der Waals surface area contributed by atoms with E-state index >= 15 is 0 Å². The molecule has 3 aliphatic rings. The van der Waals surface area contributed by atoms with Gasteiger partial charge in [-0.1, -0.05) is 0 Å². The van der Waals surface area contributed by atoms with Gasteiger partial charge in [0.15, 0.2) is 5.82 Å². The molecule has 36 heavy (non-hydrogen) atoms. The van der Waals surface area contributed by atoms with Crippen LogP contribution in [0.3, 0.4) is 0 Å². The largest absolute Gasteiger partial charge is 0.420 e. The minimum absolute atomic E-state index is 0.0943. The highest BCUT2D eigenvalue weighted by atomic mass is 32.2. The molecule has 192 valence electrons. The van der Waals surface area contributed by atoms with Gasteiger partial charge in [0, 0.05) is 29.4 Å². The Morgan fingerprint density at radius 3 is 2.72 bits per heavy atom. The lowest BCUT2D eigenvalue weighted by Crippen LogP contribution is -2.31. The minimum Gasteiger partial charge on any atom is -0.376 e. The standard InChI is InChI=1S/C24H28F3N7S2/c1-33-8-5-15(6-9-33)34-13-16(14-3-4-14)21(32-34)31-23-29-12-17(24(25,26)27)20(30-23)18-11-19-22(36-18)28-7-2-10-35-19/h11-15,28H,2-10H2,1H3,(H,29,30,31,32). The molecule has 1 aliphatic carbocycles. The molecule has 7 nitrogen and oxygen atoms in total. The van der Waals surface area contributed by atoms with Crippen molar-refractivity contribution in [3.63, 3.8) is 0 Å². The van der Waals surface area contributed by atoms with E-state index in [9.17, 15) is 13.2 Å². The van der Waals surface area contributed by atoms with Crippen LogP contribution in [0.15, 0.2) is 23.4 Å². The van der Waals surface area contributed by atoms with E-state index in [2.05, 4.69) is 38.7 Å². The molecule has 1 saturated heterocycles. The average molecular weight is 536 g/mol. The first-order valence-electron chi connectivity index (χ1n) is 12.3. The number of halogens is 3. The second-order valence-electron chi connectivity index (χ2n) is 9.73. The van der Waals surface area contributed by atoms with Crippen LogP contribution in [0.1, 0.15) is 55.2 Å². The van der Waals surface area contributed by atoms with Crippen LogP contribution in [-0.4, -0.2) is 57.1 Å². The van der Waals surface area contributed by atoms with E-state index < -0.39 is 11.7 Å². The number of thiophene rings is 1. The predicted octanol–water partition coefficient (Wildman–Crippen LogP) is 6.22. The van der Waals surface area contributed by atoms with Gasteiger partial charge in [0.1, 0.15) is 10.6 Å². The van der Waals surface area contributed by atoms with Crippen molar-refractivity contribution in [2.45, 2.75) is 55.1 Å². The first-order chi connectivity index (χ1) is 17.3. The first kappa shape index (κ1) is 24.1. The number of hydrogen-bond donors (Lipinski definition) is 2. The number of likely N-dealkylation sites (tertiary alicyclic amines) is 1. The second kappa shape index (κ2) is 9.53. The van der Waals surface area contributed by atoms with Gasteiger partial charge in [-0.2, -0.15) is 18.3 Å². The molecule has 0 unspecified atom stereocenters. The van der Waals surface area contributed by atoms with Gasteiger partial charge in [-0.25, -0.2) is 9.97 Å². The molecule has 2 N–H and O–H groups in total. The molecule has 2 fully saturated rings. The lowest BCUT2D eigenvalue weighted by atomic mass is 10.1. The number of anilines is 3. The zero-order chi connectivity index (χ0) is 24.9. The van der Waals surface area contributed by atoms with Crippen LogP contribution in [0.4, 0.5) is 29.9 Å². The van der Waals surface area contributed by atoms with E-state index in [-0.39, 0.29) is 11.6 Å². The molecule has 0 aromatic carbocycles. The van der Waals surface area contributed by atoms with Gasteiger partial charge in [0.25, 0.3) is 0 Å². The summed E-state index contributed by atoms with van der Waals surface area (Å²) in [4.78, 5) is 12.2. The number of rotatable bonds is 5. The lowest BCUT2D eigenvalue weighted by Gasteiger charge is -2.28. The summed E-state index contributed by atoms with van der Waals surface area (Å²) in [5.74, 6) is 2.15. The fourth-order valence-electron chi connectivity index (χ4n) is 4.76. The van der Waals surface area contributed by atoms with Crippen LogP contribution in [0.25, 0.3) is 10.6 Å². The molecule has 2 aliphatic heterocycles. The number of hydrogen-bond acceptors (Lipinski definition) is 8. The lowest BCUT2D eigenvalue weighted by molar-refractivity contribution is -0.137. The van der Waals surface area contributed by atoms with Crippen molar-refractivity contribution in [3.8, 4) is 10.6 Å². The topological polar surface area (TPSA) is 70.9 Å². The van der Waals surface area contributed by atoms with Crippen molar-refractivity contribution in [3.05, 3.63) is 29.6 Å². The number of thioether (sulfide) groups is 1. The fourth-order valence-corrected chi connectivity index (χ4v) is 7.04. The third-order valence-electron chi connectivity index (χ3n) is 6.96. The summed E-state index contributed by atoms with van der Waals surface area (Å²) in [5.41, 5.74) is 0.180. The summed E-state index contributed by atoms with van der Waals surface area (Å²) in [6.45, 7) is 2.86. The molecular formula is C24H28F3N7S2. The molecule has 5 heterocycles. The van der Waals surface area contributed by atoms with Crippen LogP contribution in [0, 0.1) is 0 Å². The molecule has 0 spiro atoms. The summed E-state index contributed by atoms with van der Waals surface area (Å²) in [7, 11) is 2.13. The van der Waals surface area contributed by atoms with Gasteiger partial charge in [0.2, 0.25) is 5.95 Å². The highest BCUT2D eigenvalue weighted by Gasteiger charge is 2.37. The van der Waals surface area contributed by atoms with E-state index in [1.807, 2.05) is 10.7 Å². The Hall–Kier alpha value is -2.31. The Bertz CT molecular complexity index is 1220. The summed E-state index contributed by atoms with van der Waals surface area (Å²) < 4.78 is 43.8. The Morgan fingerprint density at radius 2 is 1.97 bits per heavy atom. The maximum absolute atomic E-state index is 13.9. The number of nitrogens with zero attached hydrogens (tertiary/aromatic N) is 5. The zero-order valence-electron chi connectivity index (χ0n) is 19.9. The maximum Gasteiger partial charge on any atom is 0.420 e. The third kappa shape index (κ3) is 4.95. The van der Waals surface area contributed by atoms with E-state index in [1.165, 1.54) is 11.3 Å². The molecule has 12 heteroatoms. The Morgan fingerprint density at radius 1 is 1.17 bits per heavy atom. The smallest absolute Gasteiger partial charge is 0.376 e. The number of piperidine rings is 1. The van der Waals surface area contributed by atoms with Crippen LogP contribution < -0.4 is 10.6 Å². The van der Waals surface area contributed by atoms with Crippen LogP contribution in [0.5, 0.6) is 0 Å². The summed E-state index contributed by atoms with van der Waals surface area (Å²) in [6.07, 6.45) is 3.71. The van der Waals surface area contributed by atoms with Gasteiger partial charge in [0.05, 0.1) is 16.6 Å². The van der Waals surface area contributed by atoms with E-state index in [0.717, 1.165) is 79.1 Å². The summed E-state index contributed by atoms with van der Waals surface area (Å²) in [6, 6.07) is 2.14. The van der Waals surface area contributed by atoms with Crippen LogP contribution >= 0.6 is 23.1 Å². The minimum atomic E-state index is -4.55. The number of fused-ring (bicyclic) bond motifs is 1. The Balaban J connectivity index is 1.33. The van der Waals surface area contributed by atoms with E-state index in [4.69, 9.17) is 5.10 Å². The van der Waals surface area contributed by atoms with Gasteiger partial charge in [-0.15, -0.1) is 23.1 Å². The highest BCUT2D eigenvalue weighted by molar-refractivity contribution is 7.99. The quantitative estimate of drug-likeness (QED) is 0.402. The highest BCUT2D eigenvalue weighted by Crippen LogP contribution is 2.46. The molecule has 0 amide bonds. The van der Waals surface area contributed by atoms with Gasteiger partial charge in [-0.05, 0) is 70.0 Å². The average Bonchev–Trinajstić information content (AvgIpc) is 3.55. The number of nitrogens with one attached hydrogen (secondary N) is 2. The number of alkyl halides is 3. The molecule has 0 bridgehead atoms.